The Balaban J connectivity index is 1.86. The lowest BCUT2D eigenvalue weighted by Gasteiger charge is -2.32. The standard InChI is InChI=1S/C22H32BFO5/c1-20(2,3)27-19(25)13-8-16(14-24)15-26-18-11-9-17(10-12-18)23-28-21(4,5)22(6,7)29-23/h9-12,14H,8,13,15H2,1-7H3. The molecule has 0 spiro atoms. The fourth-order valence-corrected chi connectivity index (χ4v) is 2.69. The van der Waals surface area contributed by atoms with E-state index in [1.165, 1.54) is 0 Å². The van der Waals surface area contributed by atoms with Gasteiger partial charge in [-0.3, -0.25) is 4.79 Å². The van der Waals surface area contributed by atoms with Crippen molar-refractivity contribution >= 4 is 18.6 Å². The minimum Gasteiger partial charge on any atom is -0.489 e. The molecule has 0 N–H and O–H groups in total. The number of carbonyl (C=O) groups excluding carboxylic acids is 1. The molecule has 1 fully saturated rings. The Bertz CT molecular complexity index is 719. The third-order valence-electron chi connectivity index (χ3n) is 5.05. The summed E-state index contributed by atoms with van der Waals surface area (Å²) >= 11 is 0. The Morgan fingerprint density at radius 2 is 1.62 bits per heavy atom. The van der Waals surface area contributed by atoms with E-state index < -0.39 is 23.9 Å². The van der Waals surface area contributed by atoms with Crippen LogP contribution in [0, 0.1) is 0 Å². The molecule has 0 radical (unpaired) electrons. The molecule has 0 atom stereocenters. The summed E-state index contributed by atoms with van der Waals surface area (Å²) in [6.45, 7) is 13.5. The lowest BCUT2D eigenvalue weighted by molar-refractivity contribution is -0.154. The topological polar surface area (TPSA) is 54.0 Å². The zero-order chi connectivity index (χ0) is 21.9. The van der Waals surface area contributed by atoms with E-state index in [-0.39, 0.29) is 25.4 Å². The average Bonchev–Trinajstić information content (AvgIpc) is 2.81. The fourth-order valence-electron chi connectivity index (χ4n) is 2.69. The third kappa shape index (κ3) is 6.58. The minimum absolute atomic E-state index is 0.0646. The molecule has 5 nitrogen and oxygen atoms in total. The maximum atomic E-state index is 13.1. The highest BCUT2D eigenvalue weighted by molar-refractivity contribution is 6.62. The highest BCUT2D eigenvalue weighted by Gasteiger charge is 2.51. The molecular weight excluding hydrogens is 374 g/mol. The van der Waals surface area contributed by atoms with Gasteiger partial charge in [-0.15, -0.1) is 0 Å². The van der Waals surface area contributed by atoms with Crippen LogP contribution in [-0.4, -0.2) is 36.5 Å². The molecule has 2 rings (SSSR count). The van der Waals surface area contributed by atoms with Gasteiger partial charge in [0.15, 0.2) is 0 Å². The van der Waals surface area contributed by atoms with Crippen LogP contribution < -0.4 is 10.2 Å². The molecule has 0 unspecified atom stereocenters. The Hall–Kier alpha value is -1.86. The largest absolute Gasteiger partial charge is 0.494 e. The summed E-state index contributed by atoms with van der Waals surface area (Å²) in [6, 6.07) is 7.34. The number of rotatable bonds is 7. The molecule has 1 aliphatic heterocycles. The molecule has 1 saturated heterocycles. The molecule has 1 aliphatic rings. The van der Waals surface area contributed by atoms with Crippen molar-refractivity contribution in [3.63, 3.8) is 0 Å². The first-order chi connectivity index (χ1) is 13.3. The molecule has 1 aromatic carbocycles. The number of halogens is 1. The van der Waals surface area contributed by atoms with E-state index in [2.05, 4.69) is 0 Å². The Morgan fingerprint density at radius 1 is 1.07 bits per heavy atom. The van der Waals surface area contributed by atoms with E-state index in [9.17, 15) is 9.18 Å². The Morgan fingerprint density at radius 3 is 2.10 bits per heavy atom. The van der Waals surface area contributed by atoms with Gasteiger partial charge in [0.1, 0.15) is 18.0 Å². The molecule has 0 aliphatic carbocycles. The predicted octanol–water partition coefficient (Wildman–Crippen LogP) is 4.34. The van der Waals surface area contributed by atoms with Crippen LogP contribution in [0.2, 0.25) is 0 Å². The van der Waals surface area contributed by atoms with Crippen molar-refractivity contribution in [3.8, 4) is 5.75 Å². The zero-order valence-corrected chi connectivity index (χ0v) is 18.5. The first-order valence-corrected chi connectivity index (χ1v) is 9.91. The fraction of sp³-hybridized carbons (Fsp3) is 0.591. The molecule has 0 saturated carbocycles. The number of ether oxygens (including phenoxy) is 2. The van der Waals surface area contributed by atoms with Crippen LogP contribution >= 0.6 is 0 Å². The third-order valence-corrected chi connectivity index (χ3v) is 5.05. The van der Waals surface area contributed by atoms with Crippen molar-refractivity contribution in [2.24, 2.45) is 0 Å². The smallest absolute Gasteiger partial charge is 0.489 e. The maximum Gasteiger partial charge on any atom is 0.494 e. The molecule has 7 heteroatoms. The molecule has 0 bridgehead atoms. The number of carbonyl (C=O) groups is 1. The number of hydrogen-bond acceptors (Lipinski definition) is 5. The van der Waals surface area contributed by atoms with Crippen molar-refractivity contribution in [2.75, 3.05) is 6.61 Å². The quantitative estimate of drug-likeness (QED) is 0.498. The number of hydrogen-bond donors (Lipinski definition) is 0. The van der Waals surface area contributed by atoms with Crippen LogP contribution in [0.15, 0.2) is 36.2 Å². The van der Waals surface area contributed by atoms with Crippen LogP contribution in [0.3, 0.4) is 0 Å². The van der Waals surface area contributed by atoms with E-state index in [0.29, 0.717) is 17.7 Å². The van der Waals surface area contributed by atoms with Crippen molar-refractivity contribution in [1.82, 2.24) is 0 Å². The SMILES string of the molecule is CC(C)(C)OC(=O)CCC(=CF)COc1ccc(B2OC(C)(C)C(C)(C)O2)cc1. The van der Waals surface area contributed by atoms with E-state index >= 15 is 0 Å². The Labute approximate surface area is 173 Å². The predicted molar refractivity (Wildman–Crippen MR) is 112 cm³/mol. The van der Waals surface area contributed by atoms with Gasteiger partial charge in [0.25, 0.3) is 0 Å². The molecule has 1 aromatic rings. The highest BCUT2D eigenvalue weighted by Crippen LogP contribution is 2.36. The second-order valence-electron chi connectivity index (χ2n) is 9.30. The summed E-state index contributed by atoms with van der Waals surface area (Å²) in [6.07, 6.45) is 0.845. The number of esters is 1. The van der Waals surface area contributed by atoms with Gasteiger partial charge < -0.3 is 18.8 Å². The van der Waals surface area contributed by atoms with Gasteiger partial charge in [-0.25, -0.2) is 4.39 Å². The van der Waals surface area contributed by atoms with Gasteiger partial charge in [0.05, 0.1) is 17.5 Å². The Kier molecular flexibility index (Phi) is 7.17. The first kappa shape index (κ1) is 23.4. The second-order valence-corrected chi connectivity index (χ2v) is 9.30. The summed E-state index contributed by atoms with van der Waals surface area (Å²) < 4.78 is 36.1. The van der Waals surface area contributed by atoms with E-state index in [1.807, 2.05) is 39.8 Å². The van der Waals surface area contributed by atoms with Crippen LogP contribution in [-0.2, 0) is 18.8 Å². The van der Waals surface area contributed by atoms with E-state index in [4.69, 9.17) is 18.8 Å². The molecule has 0 amide bonds. The van der Waals surface area contributed by atoms with Gasteiger partial charge >= 0.3 is 13.1 Å². The number of benzene rings is 1. The first-order valence-electron chi connectivity index (χ1n) is 9.91. The summed E-state index contributed by atoms with van der Waals surface area (Å²) in [4.78, 5) is 11.8. The van der Waals surface area contributed by atoms with Crippen molar-refractivity contribution in [3.05, 3.63) is 36.2 Å². The summed E-state index contributed by atoms with van der Waals surface area (Å²) in [5.74, 6) is 0.241. The average molecular weight is 406 g/mol. The molecule has 0 aromatic heterocycles. The molecule has 160 valence electrons. The van der Waals surface area contributed by atoms with Crippen LogP contribution in [0.4, 0.5) is 4.39 Å². The van der Waals surface area contributed by atoms with Gasteiger partial charge in [-0.05, 0) is 78.1 Å². The molecular formula is C22H32BFO5. The summed E-state index contributed by atoms with van der Waals surface area (Å²) in [5.41, 5.74) is -0.0662. The van der Waals surface area contributed by atoms with Crippen LogP contribution in [0.1, 0.15) is 61.3 Å². The lowest BCUT2D eigenvalue weighted by atomic mass is 9.79. The lowest BCUT2D eigenvalue weighted by Crippen LogP contribution is -2.41. The van der Waals surface area contributed by atoms with Crippen molar-refractivity contribution in [2.45, 2.75) is 78.1 Å². The minimum atomic E-state index is -0.550. The van der Waals surface area contributed by atoms with E-state index in [1.54, 1.807) is 32.9 Å². The molecule has 1 heterocycles. The van der Waals surface area contributed by atoms with Gasteiger partial charge in [-0.1, -0.05) is 12.1 Å². The van der Waals surface area contributed by atoms with Crippen molar-refractivity contribution in [1.29, 1.82) is 0 Å². The van der Waals surface area contributed by atoms with Gasteiger partial charge in [0.2, 0.25) is 0 Å². The molecule has 29 heavy (non-hydrogen) atoms. The second kappa shape index (κ2) is 8.88. The van der Waals surface area contributed by atoms with Gasteiger partial charge in [0, 0.05) is 6.42 Å². The maximum absolute atomic E-state index is 13.1. The summed E-state index contributed by atoms with van der Waals surface area (Å²) in [5, 5.41) is 0. The monoisotopic (exact) mass is 406 g/mol. The summed E-state index contributed by atoms with van der Waals surface area (Å²) in [7, 11) is -0.441. The normalized spacial score (nSPS) is 18.6. The highest BCUT2D eigenvalue weighted by atomic mass is 19.1. The zero-order valence-electron chi connectivity index (χ0n) is 18.5. The van der Waals surface area contributed by atoms with Crippen LogP contribution in [0.25, 0.3) is 0 Å². The van der Waals surface area contributed by atoms with E-state index in [0.717, 1.165) is 5.46 Å². The van der Waals surface area contributed by atoms with Gasteiger partial charge in [-0.2, -0.15) is 0 Å². The van der Waals surface area contributed by atoms with Crippen molar-refractivity contribution < 1.29 is 28.0 Å². The van der Waals surface area contributed by atoms with Crippen LogP contribution in [0.5, 0.6) is 5.75 Å².